The van der Waals surface area contributed by atoms with Crippen LogP contribution in [0.15, 0.2) is 36.0 Å². The average molecular weight is 369 g/mol. The van der Waals surface area contributed by atoms with Gasteiger partial charge in [-0.25, -0.2) is 4.79 Å². The maximum atomic E-state index is 12.4. The largest absolute Gasteiger partial charge is 0.338 e. The number of carbonyl (C=O) groups excluding carboxylic acids is 1. The summed E-state index contributed by atoms with van der Waals surface area (Å²) in [6, 6.07) is 8.47. The van der Waals surface area contributed by atoms with Gasteiger partial charge in [0.05, 0.1) is 0 Å². The van der Waals surface area contributed by atoms with E-state index in [1.165, 1.54) is 15.6 Å². The molecule has 136 valence electrons. The summed E-state index contributed by atoms with van der Waals surface area (Å²) in [5.74, 6) is 1.41. The molecule has 1 saturated heterocycles. The lowest BCUT2D eigenvalue weighted by molar-refractivity contribution is 0.180. The van der Waals surface area contributed by atoms with Crippen molar-refractivity contribution in [1.82, 2.24) is 25.0 Å². The van der Waals surface area contributed by atoms with E-state index in [1.807, 2.05) is 16.5 Å². The van der Waals surface area contributed by atoms with Crippen LogP contribution in [-0.2, 0) is 13.5 Å². The Morgan fingerprint density at radius 2 is 2.12 bits per heavy atom. The topological polar surface area (TPSA) is 63.1 Å². The van der Waals surface area contributed by atoms with Crippen molar-refractivity contribution in [2.24, 2.45) is 7.05 Å². The number of likely N-dealkylation sites (tertiary alicyclic amines) is 1. The van der Waals surface area contributed by atoms with Crippen molar-refractivity contribution in [3.05, 3.63) is 47.4 Å². The Morgan fingerprint density at radius 3 is 2.88 bits per heavy atom. The minimum Gasteiger partial charge on any atom is -0.338 e. The average Bonchev–Trinajstić information content (AvgIpc) is 3.28. The van der Waals surface area contributed by atoms with Crippen molar-refractivity contribution in [2.75, 3.05) is 19.6 Å². The fourth-order valence-electron chi connectivity index (χ4n) is 3.64. The number of benzene rings is 1. The van der Waals surface area contributed by atoms with Gasteiger partial charge < -0.3 is 14.8 Å². The summed E-state index contributed by atoms with van der Waals surface area (Å²) in [7, 11) is 1.97. The number of piperidine rings is 1. The van der Waals surface area contributed by atoms with Crippen molar-refractivity contribution in [1.29, 1.82) is 0 Å². The zero-order valence-corrected chi connectivity index (χ0v) is 15.7. The number of urea groups is 1. The normalized spacial score (nSPS) is 15.5. The fraction of sp³-hybridized carbons (Fsp3) is 0.421. The molecule has 26 heavy (non-hydrogen) atoms. The smallest absolute Gasteiger partial charge is 0.317 e. The summed E-state index contributed by atoms with van der Waals surface area (Å²) in [4.78, 5) is 14.3. The zero-order valence-electron chi connectivity index (χ0n) is 14.9. The summed E-state index contributed by atoms with van der Waals surface area (Å²) in [5, 5.41) is 14.7. The Labute approximate surface area is 156 Å². The van der Waals surface area contributed by atoms with Crippen LogP contribution < -0.4 is 5.32 Å². The second-order valence-electron chi connectivity index (χ2n) is 6.80. The molecule has 0 spiro atoms. The second kappa shape index (κ2) is 7.45. The molecule has 2 amide bonds. The Balaban J connectivity index is 1.26. The predicted molar refractivity (Wildman–Crippen MR) is 103 cm³/mol. The number of nitrogens with one attached hydrogen (secondary N) is 1. The van der Waals surface area contributed by atoms with Crippen molar-refractivity contribution in [3.8, 4) is 0 Å². The maximum Gasteiger partial charge on any atom is 0.317 e. The summed E-state index contributed by atoms with van der Waals surface area (Å²) >= 11 is 1.76. The third-order valence-electron chi connectivity index (χ3n) is 5.13. The van der Waals surface area contributed by atoms with Gasteiger partial charge in [0.25, 0.3) is 0 Å². The highest BCUT2D eigenvalue weighted by Gasteiger charge is 2.26. The maximum absolute atomic E-state index is 12.4. The highest BCUT2D eigenvalue weighted by atomic mass is 32.1. The quantitative estimate of drug-likeness (QED) is 0.768. The number of rotatable bonds is 4. The molecule has 2 aromatic heterocycles. The molecule has 3 aromatic rings. The summed E-state index contributed by atoms with van der Waals surface area (Å²) in [6.45, 7) is 2.21. The lowest BCUT2D eigenvalue weighted by atomic mass is 9.96. The van der Waals surface area contributed by atoms with Gasteiger partial charge in [-0.05, 0) is 41.7 Å². The summed E-state index contributed by atoms with van der Waals surface area (Å²) < 4.78 is 3.28. The van der Waals surface area contributed by atoms with Gasteiger partial charge in [0.2, 0.25) is 0 Å². The highest BCUT2D eigenvalue weighted by molar-refractivity contribution is 7.17. The molecular formula is C19H23N5OS. The van der Waals surface area contributed by atoms with E-state index in [9.17, 15) is 4.79 Å². The molecular weight excluding hydrogens is 346 g/mol. The number of aryl methyl sites for hydroxylation is 1. The molecule has 0 atom stereocenters. The molecule has 0 aliphatic carbocycles. The van der Waals surface area contributed by atoms with Crippen LogP contribution in [0.3, 0.4) is 0 Å². The van der Waals surface area contributed by atoms with Gasteiger partial charge in [-0.15, -0.1) is 21.5 Å². The van der Waals surface area contributed by atoms with E-state index >= 15 is 0 Å². The van der Waals surface area contributed by atoms with Crippen LogP contribution >= 0.6 is 11.3 Å². The number of hydrogen-bond acceptors (Lipinski definition) is 4. The number of nitrogens with zero attached hydrogens (tertiary/aromatic N) is 4. The van der Waals surface area contributed by atoms with Crippen molar-refractivity contribution in [3.63, 3.8) is 0 Å². The minimum atomic E-state index is 0.0425. The molecule has 0 radical (unpaired) electrons. The lowest BCUT2D eigenvalue weighted by Crippen LogP contribution is -2.44. The van der Waals surface area contributed by atoms with Crippen LogP contribution in [0.1, 0.15) is 30.1 Å². The van der Waals surface area contributed by atoms with E-state index in [1.54, 1.807) is 17.7 Å². The fourth-order valence-corrected chi connectivity index (χ4v) is 4.64. The standard InChI is InChI=1S/C19H23N5OS/c1-23-13-21-22-18(23)14-7-10-24(11-8-14)19(25)20-9-6-15-12-26-17-5-3-2-4-16(15)17/h2-5,12-14H,6-11H2,1H3,(H,20,25). The first-order valence-electron chi connectivity index (χ1n) is 9.04. The molecule has 0 bridgehead atoms. The van der Waals surface area contributed by atoms with Gasteiger partial charge in [-0.1, -0.05) is 18.2 Å². The number of thiophene rings is 1. The molecule has 4 rings (SSSR count). The van der Waals surface area contributed by atoms with Crippen molar-refractivity contribution >= 4 is 27.5 Å². The van der Waals surface area contributed by atoms with E-state index < -0.39 is 0 Å². The third kappa shape index (κ3) is 3.44. The van der Waals surface area contributed by atoms with Crippen LogP contribution in [0.5, 0.6) is 0 Å². The molecule has 1 fully saturated rings. The van der Waals surface area contributed by atoms with Crippen molar-refractivity contribution < 1.29 is 4.79 Å². The van der Waals surface area contributed by atoms with Gasteiger partial charge >= 0.3 is 6.03 Å². The minimum absolute atomic E-state index is 0.0425. The summed E-state index contributed by atoms with van der Waals surface area (Å²) in [5.41, 5.74) is 1.31. The van der Waals surface area contributed by atoms with Crippen LogP contribution in [0.2, 0.25) is 0 Å². The van der Waals surface area contributed by atoms with Crippen LogP contribution in [0.4, 0.5) is 4.79 Å². The molecule has 0 unspecified atom stereocenters. The Hall–Kier alpha value is -2.41. The third-order valence-corrected chi connectivity index (χ3v) is 6.14. The van der Waals surface area contributed by atoms with E-state index in [0.717, 1.165) is 38.2 Å². The first-order chi connectivity index (χ1) is 12.7. The molecule has 1 aliphatic rings. The molecule has 1 N–H and O–H groups in total. The number of fused-ring (bicyclic) bond motifs is 1. The SMILES string of the molecule is Cn1cnnc1C1CCN(C(=O)NCCc2csc3ccccc23)CC1. The van der Waals surface area contributed by atoms with Crippen LogP contribution in [0.25, 0.3) is 10.1 Å². The van der Waals surface area contributed by atoms with E-state index in [0.29, 0.717) is 12.5 Å². The molecule has 3 heterocycles. The number of hydrogen-bond donors (Lipinski definition) is 1. The zero-order chi connectivity index (χ0) is 17.9. The number of carbonyl (C=O) groups is 1. The molecule has 1 aliphatic heterocycles. The Kier molecular flexibility index (Phi) is 4.88. The van der Waals surface area contributed by atoms with Gasteiger partial charge in [0.1, 0.15) is 12.2 Å². The number of aromatic nitrogens is 3. The van der Waals surface area contributed by atoms with E-state index in [4.69, 9.17) is 0 Å². The first kappa shape index (κ1) is 17.0. The molecule has 6 nitrogen and oxygen atoms in total. The molecule has 0 saturated carbocycles. The predicted octanol–water partition coefficient (Wildman–Crippen LogP) is 3.16. The van der Waals surface area contributed by atoms with E-state index in [2.05, 4.69) is 45.2 Å². The summed E-state index contributed by atoms with van der Waals surface area (Å²) in [6.07, 6.45) is 4.48. The molecule has 1 aromatic carbocycles. The Morgan fingerprint density at radius 1 is 1.31 bits per heavy atom. The van der Waals surface area contributed by atoms with E-state index in [-0.39, 0.29) is 6.03 Å². The highest BCUT2D eigenvalue weighted by Crippen LogP contribution is 2.27. The lowest BCUT2D eigenvalue weighted by Gasteiger charge is -2.31. The number of amides is 2. The van der Waals surface area contributed by atoms with Crippen molar-refractivity contribution in [2.45, 2.75) is 25.2 Å². The first-order valence-corrected chi connectivity index (χ1v) is 9.92. The Bertz CT molecular complexity index is 894. The monoisotopic (exact) mass is 369 g/mol. The van der Waals surface area contributed by atoms with Crippen LogP contribution in [0, 0.1) is 0 Å². The van der Waals surface area contributed by atoms with Gasteiger partial charge in [0.15, 0.2) is 0 Å². The van der Waals surface area contributed by atoms with Gasteiger partial charge in [-0.3, -0.25) is 0 Å². The second-order valence-corrected chi connectivity index (χ2v) is 7.71. The van der Waals surface area contributed by atoms with Crippen LogP contribution in [-0.4, -0.2) is 45.3 Å². The van der Waals surface area contributed by atoms with Gasteiger partial charge in [-0.2, -0.15) is 0 Å². The molecule has 7 heteroatoms. The van der Waals surface area contributed by atoms with Gasteiger partial charge in [0, 0.05) is 37.3 Å².